The monoisotopic (exact) mass is 206 g/mol. The van der Waals surface area contributed by atoms with Crippen molar-refractivity contribution in [1.29, 1.82) is 0 Å². The zero-order valence-electron chi connectivity index (χ0n) is 8.98. The summed E-state index contributed by atoms with van der Waals surface area (Å²) in [5.74, 6) is 2.68. The maximum atomic E-state index is 11.9. The van der Waals surface area contributed by atoms with Crippen molar-refractivity contribution in [2.75, 3.05) is 6.54 Å². The van der Waals surface area contributed by atoms with Gasteiger partial charge in [-0.15, -0.1) is 0 Å². The first kappa shape index (κ1) is 8.43. The predicted octanol–water partition coefficient (Wildman–Crippen LogP) is 1.59. The van der Waals surface area contributed by atoms with Gasteiger partial charge in [0, 0.05) is 24.5 Å². The molecule has 0 unspecified atom stereocenters. The molecule has 3 nitrogen and oxygen atoms in total. The Morgan fingerprint density at radius 3 is 2.67 bits per heavy atom. The average molecular weight is 206 g/mol. The number of urea groups is 1. The van der Waals surface area contributed by atoms with Crippen molar-refractivity contribution in [2.24, 2.45) is 17.8 Å². The molecule has 4 fully saturated rings. The van der Waals surface area contributed by atoms with Crippen molar-refractivity contribution in [3.05, 3.63) is 0 Å². The molecule has 0 aromatic carbocycles. The van der Waals surface area contributed by atoms with E-state index in [9.17, 15) is 4.79 Å². The molecule has 3 heteroatoms. The Bertz CT molecular complexity index is 311. The van der Waals surface area contributed by atoms with Crippen molar-refractivity contribution in [1.82, 2.24) is 10.2 Å². The van der Waals surface area contributed by atoms with Crippen molar-refractivity contribution in [3.63, 3.8) is 0 Å². The summed E-state index contributed by atoms with van der Waals surface area (Å²) >= 11 is 0. The van der Waals surface area contributed by atoms with E-state index in [4.69, 9.17) is 0 Å². The van der Waals surface area contributed by atoms with E-state index in [2.05, 4.69) is 10.2 Å². The van der Waals surface area contributed by atoms with Gasteiger partial charge in [-0.3, -0.25) is 0 Å². The Labute approximate surface area is 90.2 Å². The molecule has 82 valence electrons. The second-order valence-electron chi connectivity index (χ2n) is 5.86. The van der Waals surface area contributed by atoms with Crippen LogP contribution in [0.2, 0.25) is 0 Å². The van der Waals surface area contributed by atoms with Crippen LogP contribution in [0.3, 0.4) is 0 Å². The molecule has 15 heavy (non-hydrogen) atoms. The fourth-order valence-electron chi connectivity index (χ4n) is 4.04. The van der Waals surface area contributed by atoms with Crippen LogP contribution in [0.5, 0.6) is 0 Å². The highest BCUT2D eigenvalue weighted by atomic mass is 16.2. The van der Waals surface area contributed by atoms with Crippen LogP contribution in [-0.4, -0.2) is 29.6 Å². The van der Waals surface area contributed by atoms with Crippen molar-refractivity contribution in [2.45, 2.75) is 44.2 Å². The van der Waals surface area contributed by atoms with Crippen LogP contribution in [0, 0.1) is 17.8 Å². The average Bonchev–Trinajstić information content (AvgIpc) is 2.77. The molecular weight excluding hydrogens is 188 g/mol. The largest absolute Gasteiger partial charge is 0.335 e. The van der Waals surface area contributed by atoms with E-state index in [0.29, 0.717) is 12.1 Å². The smallest absolute Gasteiger partial charge is 0.317 e. The molecule has 1 saturated heterocycles. The molecule has 4 atom stereocenters. The van der Waals surface area contributed by atoms with Crippen LogP contribution < -0.4 is 5.32 Å². The summed E-state index contributed by atoms with van der Waals surface area (Å²) in [5, 5.41) is 3.11. The first-order chi connectivity index (χ1) is 7.33. The van der Waals surface area contributed by atoms with Crippen LogP contribution in [-0.2, 0) is 0 Å². The molecule has 4 aliphatic rings. The van der Waals surface area contributed by atoms with E-state index in [1.54, 1.807) is 0 Å². The zero-order chi connectivity index (χ0) is 9.99. The quantitative estimate of drug-likeness (QED) is 0.694. The number of likely N-dealkylation sites (tertiary alicyclic amines) is 1. The first-order valence-corrected chi connectivity index (χ1v) is 6.40. The maximum Gasteiger partial charge on any atom is 0.317 e. The third-order valence-corrected chi connectivity index (χ3v) is 4.97. The van der Waals surface area contributed by atoms with Crippen molar-refractivity contribution >= 4 is 6.03 Å². The highest BCUT2D eigenvalue weighted by Crippen LogP contribution is 2.55. The third-order valence-electron chi connectivity index (χ3n) is 4.97. The van der Waals surface area contributed by atoms with E-state index in [1.807, 2.05) is 0 Å². The summed E-state index contributed by atoms with van der Waals surface area (Å²) in [6, 6.07) is 1.36. The minimum atomic E-state index is 0.228. The van der Waals surface area contributed by atoms with E-state index in [1.165, 1.54) is 32.1 Å². The van der Waals surface area contributed by atoms with Gasteiger partial charge in [-0.1, -0.05) is 0 Å². The maximum absolute atomic E-state index is 11.9. The number of amides is 2. The van der Waals surface area contributed by atoms with Gasteiger partial charge in [-0.2, -0.15) is 0 Å². The SMILES string of the molecule is O=C(NC1CC1)N1C[C@@H]2[C@H]3CC[C@@H](C3)[C@H]21. The van der Waals surface area contributed by atoms with Gasteiger partial charge in [0.1, 0.15) is 0 Å². The number of carbonyl (C=O) groups excluding carboxylic acids is 1. The van der Waals surface area contributed by atoms with Gasteiger partial charge in [0.25, 0.3) is 0 Å². The van der Waals surface area contributed by atoms with Gasteiger partial charge in [0.2, 0.25) is 0 Å². The topological polar surface area (TPSA) is 32.3 Å². The Hall–Kier alpha value is -0.730. The molecular formula is C12H18N2O. The molecule has 0 aromatic heterocycles. The molecule has 4 rings (SSSR count). The summed E-state index contributed by atoms with van der Waals surface area (Å²) in [6.07, 6.45) is 6.60. The molecule has 2 bridgehead atoms. The summed E-state index contributed by atoms with van der Waals surface area (Å²) in [7, 11) is 0. The van der Waals surface area contributed by atoms with Gasteiger partial charge >= 0.3 is 6.03 Å². The van der Waals surface area contributed by atoms with E-state index < -0.39 is 0 Å². The fraction of sp³-hybridized carbons (Fsp3) is 0.917. The number of nitrogens with one attached hydrogen (secondary N) is 1. The van der Waals surface area contributed by atoms with Crippen LogP contribution in [0.4, 0.5) is 4.79 Å². The lowest BCUT2D eigenvalue weighted by Gasteiger charge is -2.50. The summed E-state index contributed by atoms with van der Waals surface area (Å²) in [5.41, 5.74) is 0. The first-order valence-electron chi connectivity index (χ1n) is 6.40. The lowest BCUT2D eigenvalue weighted by Crippen LogP contribution is -2.63. The van der Waals surface area contributed by atoms with Crippen LogP contribution in [0.1, 0.15) is 32.1 Å². The molecule has 3 aliphatic carbocycles. The Kier molecular flexibility index (Phi) is 1.51. The number of fused-ring (bicyclic) bond motifs is 5. The summed E-state index contributed by atoms with van der Waals surface area (Å²) in [6.45, 7) is 1.05. The van der Waals surface area contributed by atoms with Crippen molar-refractivity contribution in [3.8, 4) is 0 Å². The highest BCUT2D eigenvalue weighted by Gasteiger charge is 2.57. The molecule has 1 aliphatic heterocycles. The van der Waals surface area contributed by atoms with Crippen LogP contribution in [0.25, 0.3) is 0 Å². The summed E-state index contributed by atoms with van der Waals surface area (Å²) in [4.78, 5) is 14.0. The summed E-state index contributed by atoms with van der Waals surface area (Å²) < 4.78 is 0. The highest BCUT2D eigenvalue weighted by molar-refractivity contribution is 5.76. The predicted molar refractivity (Wildman–Crippen MR) is 56.4 cm³/mol. The van der Waals surface area contributed by atoms with Gasteiger partial charge < -0.3 is 10.2 Å². The number of nitrogens with zero attached hydrogens (tertiary/aromatic N) is 1. The molecule has 3 saturated carbocycles. The Morgan fingerprint density at radius 1 is 1.13 bits per heavy atom. The normalized spacial score (nSPS) is 46.3. The Morgan fingerprint density at radius 2 is 1.93 bits per heavy atom. The number of hydrogen-bond acceptors (Lipinski definition) is 1. The minimum Gasteiger partial charge on any atom is -0.335 e. The zero-order valence-corrected chi connectivity index (χ0v) is 8.98. The second-order valence-corrected chi connectivity index (χ2v) is 5.86. The lowest BCUT2D eigenvalue weighted by molar-refractivity contribution is 0.0122. The van der Waals surface area contributed by atoms with E-state index in [0.717, 1.165) is 24.3 Å². The molecule has 0 aromatic rings. The molecule has 1 heterocycles. The van der Waals surface area contributed by atoms with E-state index >= 15 is 0 Å². The van der Waals surface area contributed by atoms with Gasteiger partial charge in [-0.05, 0) is 43.9 Å². The Balaban J connectivity index is 1.45. The number of carbonyl (C=O) groups is 1. The van der Waals surface area contributed by atoms with Gasteiger partial charge in [0.15, 0.2) is 0 Å². The van der Waals surface area contributed by atoms with Crippen LogP contribution in [0.15, 0.2) is 0 Å². The second kappa shape index (κ2) is 2.69. The van der Waals surface area contributed by atoms with Crippen LogP contribution >= 0.6 is 0 Å². The fourth-order valence-corrected chi connectivity index (χ4v) is 4.04. The van der Waals surface area contributed by atoms with E-state index in [-0.39, 0.29) is 6.03 Å². The van der Waals surface area contributed by atoms with Gasteiger partial charge in [0.05, 0.1) is 0 Å². The molecule has 0 spiro atoms. The van der Waals surface area contributed by atoms with Crippen molar-refractivity contribution < 1.29 is 4.79 Å². The number of rotatable bonds is 1. The van der Waals surface area contributed by atoms with Gasteiger partial charge in [-0.25, -0.2) is 4.79 Å². The minimum absolute atomic E-state index is 0.228. The number of hydrogen-bond donors (Lipinski definition) is 1. The molecule has 0 radical (unpaired) electrons. The lowest BCUT2D eigenvalue weighted by atomic mass is 9.77. The third kappa shape index (κ3) is 1.09. The molecule has 1 N–H and O–H groups in total. The molecule has 2 amide bonds. The standard InChI is InChI=1S/C12H18N2O/c15-12(13-9-3-4-9)14-6-10-7-1-2-8(5-7)11(10)14/h7-11H,1-6H2,(H,13,15)/t7-,8-,10+,11+/m0/s1.